The number of aliphatic carboxylic acids is 1. The molecule has 8 unspecified atom stereocenters. The van der Waals surface area contributed by atoms with Gasteiger partial charge in [0.05, 0.1) is 0 Å². The summed E-state index contributed by atoms with van der Waals surface area (Å²) in [7, 11) is 0. The Kier molecular flexibility index (Phi) is 4.40. The minimum atomic E-state index is -1.80. The molecule has 6 rings (SSSR count). The van der Waals surface area contributed by atoms with Crippen LogP contribution in [0.15, 0.2) is 24.3 Å². The van der Waals surface area contributed by atoms with Gasteiger partial charge < -0.3 is 45.1 Å². The maximum atomic E-state index is 11.4. The van der Waals surface area contributed by atoms with E-state index in [1.807, 2.05) is 6.07 Å². The molecule has 0 saturated carbocycles. The average molecular weight is 447 g/mol. The van der Waals surface area contributed by atoms with Gasteiger partial charge >= 0.3 is 5.97 Å². The Hall–Kier alpha value is -2.21. The predicted molar refractivity (Wildman–Crippen MR) is 106 cm³/mol. The van der Waals surface area contributed by atoms with E-state index in [1.54, 1.807) is 12.1 Å². The molecule has 0 radical (unpaired) electrons. The number of carbonyl (C=O) groups is 1. The number of aliphatic hydroxyl groups is 4. The molecule has 3 aliphatic heterocycles. The van der Waals surface area contributed by atoms with Gasteiger partial charge in [0.1, 0.15) is 30.5 Å². The van der Waals surface area contributed by atoms with Crippen LogP contribution >= 0.6 is 0 Å². The molecule has 6 N–H and O–H groups in total. The number of ether oxygens (including phenoxy) is 3. The van der Waals surface area contributed by atoms with E-state index >= 15 is 0 Å². The molecule has 2 saturated heterocycles. The van der Waals surface area contributed by atoms with E-state index < -0.39 is 54.3 Å². The van der Waals surface area contributed by atoms with E-state index in [1.165, 1.54) is 0 Å². The lowest BCUT2D eigenvalue weighted by Crippen LogP contribution is -2.64. The fourth-order valence-electron chi connectivity index (χ4n) is 6.33. The Labute approximate surface area is 183 Å². The summed E-state index contributed by atoms with van der Waals surface area (Å²) in [6.07, 6.45) is -4.39. The molecule has 0 aromatic heterocycles. The highest BCUT2D eigenvalue weighted by Crippen LogP contribution is 2.61. The number of carboxylic acids is 1. The summed E-state index contributed by atoms with van der Waals surface area (Å²) in [4.78, 5) is 11.4. The highest BCUT2D eigenvalue weighted by molar-refractivity contribution is 5.73. The summed E-state index contributed by atoms with van der Waals surface area (Å²) in [5.41, 5.74) is 1.67. The zero-order valence-corrected chi connectivity index (χ0v) is 17.0. The number of rotatable bonds is 3. The molecule has 2 fully saturated rings. The molecular weight excluding hydrogens is 422 g/mol. The topological polar surface area (TPSA) is 158 Å². The van der Waals surface area contributed by atoms with Crippen LogP contribution in [0.2, 0.25) is 0 Å². The van der Waals surface area contributed by atoms with Crippen LogP contribution in [-0.2, 0) is 21.4 Å². The molecule has 10 nitrogen and oxygen atoms in total. The number of piperidine rings is 1. The Morgan fingerprint density at radius 3 is 2.72 bits per heavy atom. The van der Waals surface area contributed by atoms with Crippen LogP contribution in [0.1, 0.15) is 17.5 Å². The van der Waals surface area contributed by atoms with Crippen molar-refractivity contribution in [2.24, 2.45) is 5.92 Å². The van der Waals surface area contributed by atoms with Crippen molar-refractivity contribution in [3.63, 3.8) is 0 Å². The van der Waals surface area contributed by atoms with Crippen molar-refractivity contribution in [2.75, 3.05) is 6.54 Å². The van der Waals surface area contributed by atoms with Crippen LogP contribution in [0.4, 0.5) is 0 Å². The minimum Gasteiger partial charge on any atom is -0.482 e. The Morgan fingerprint density at radius 1 is 1.12 bits per heavy atom. The smallest absolute Gasteiger partial charge is 0.335 e. The normalized spacial score (nSPS) is 45.7. The van der Waals surface area contributed by atoms with Gasteiger partial charge in [0.15, 0.2) is 17.6 Å². The summed E-state index contributed by atoms with van der Waals surface area (Å²) >= 11 is 0. The molecule has 0 amide bonds. The van der Waals surface area contributed by atoms with Crippen LogP contribution in [0.3, 0.4) is 0 Å². The zero-order valence-electron chi connectivity index (χ0n) is 17.0. The fraction of sp³-hybridized carbons (Fsp3) is 0.591. The molecule has 3 heterocycles. The van der Waals surface area contributed by atoms with Crippen LogP contribution in [0.5, 0.6) is 11.5 Å². The Balaban J connectivity index is 1.40. The van der Waals surface area contributed by atoms with Gasteiger partial charge in [0.25, 0.3) is 0 Å². The van der Waals surface area contributed by atoms with E-state index in [-0.39, 0.29) is 17.7 Å². The molecule has 1 aromatic rings. The fourth-order valence-corrected chi connectivity index (χ4v) is 6.33. The molecule has 10 heteroatoms. The predicted octanol–water partition coefficient (Wildman–Crippen LogP) is -1.58. The van der Waals surface area contributed by atoms with E-state index in [0.29, 0.717) is 5.75 Å². The van der Waals surface area contributed by atoms with Gasteiger partial charge in [-0.25, -0.2) is 4.79 Å². The van der Waals surface area contributed by atoms with E-state index in [9.17, 15) is 30.3 Å². The maximum absolute atomic E-state index is 11.4. The summed E-state index contributed by atoms with van der Waals surface area (Å²) in [5.74, 6) is -0.652. The number of nitrogens with one attached hydrogen (secondary N) is 1. The Morgan fingerprint density at radius 2 is 1.94 bits per heavy atom. The largest absolute Gasteiger partial charge is 0.482 e. The molecule has 1 aromatic carbocycles. The van der Waals surface area contributed by atoms with E-state index in [0.717, 1.165) is 30.5 Å². The van der Waals surface area contributed by atoms with Crippen molar-refractivity contribution in [3.05, 3.63) is 35.4 Å². The molecular formula is C22H25NO9. The molecule has 172 valence electrons. The summed E-state index contributed by atoms with van der Waals surface area (Å²) in [6, 6.07) is 3.82. The summed E-state index contributed by atoms with van der Waals surface area (Å²) in [6.45, 7) is 0.792. The number of hydrogen-bond donors (Lipinski definition) is 6. The standard InChI is InChI=1S/C22H25NO9/c24-11-3-2-9-10-7-8-1-4-12(17-13(8)22(9,5-6-23-10)19(11)31-17)30-21-16(27)14(25)15(26)18(32-21)20(28)29/h1-4,9-11,14-16,18-19,21,23-27H,5-7H2,(H,28,29)/t9-,10?,11?,14?,15?,16?,18?,19?,21?,22-/m0/s1. The third kappa shape index (κ3) is 2.53. The van der Waals surface area contributed by atoms with Gasteiger partial charge in [0.2, 0.25) is 6.29 Å². The van der Waals surface area contributed by atoms with Gasteiger partial charge in [-0.1, -0.05) is 18.2 Å². The first kappa shape index (κ1) is 20.4. The van der Waals surface area contributed by atoms with Crippen molar-refractivity contribution in [1.29, 1.82) is 0 Å². The van der Waals surface area contributed by atoms with E-state index in [4.69, 9.17) is 14.2 Å². The molecule has 1 spiro atoms. The number of carboxylic acid groups (broad SMARTS) is 1. The summed E-state index contributed by atoms with van der Waals surface area (Å²) < 4.78 is 17.4. The van der Waals surface area contributed by atoms with Crippen LogP contribution < -0.4 is 14.8 Å². The molecule has 2 aliphatic carbocycles. The van der Waals surface area contributed by atoms with Gasteiger partial charge in [0, 0.05) is 22.9 Å². The molecule has 10 atom stereocenters. The third-order valence-corrected chi connectivity index (χ3v) is 7.72. The number of aliphatic hydroxyl groups excluding tert-OH is 4. The van der Waals surface area contributed by atoms with Crippen LogP contribution in [-0.4, -0.2) is 87.0 Å². The van der Waals surface area contributed by atoms with Gasteiger partial charge in [-0.2, -0.15) is 0 Å². The second kappa shape index (κ2) is 6.89. The van der Waals surface area contributed by atoms with E-state index in [2.05, 4.69) is 11.4 Å². The maximum Gasteiger partial charge on any atom is 0.335 e. The average Bonchev–Trinajstić information content (AvgIpc) is 3.11. The van der Waals surface area contributed by atoms with Gasteiger partial charge in [-0.3, -0.25) is 0 Å². The second-order valence-corrected chi connectivity index (χ2v) is 9.27. The lowest BCUT2D eigenvalue weighted by atomic mass is 9.54. The van der Waals surface area contributed by atoms with Crippen LogP contribution in [0, 0.1) is 5.92 Å². The summed E-state index contributed by atoms with van der Waals surface area (Å²) in [5, 5.41) is 54.0. The number of hydrogen-bond acceptors (Lipinski definition) is 9. The first-order valence-corrected chi connectivity index (χ1v) is 10.8. The van der Waals surface area contributed by atoms with Crippen LogP contribution in [0.25, 0.3) is 0 Å². The molecule has 2 bridgehead atoms. The van der Waals surface area contributed by atoms with Crippen molar-refractivity contribution in [2.45, 2.75) is 67.2 Å². The van der Waals surface area contributed by atoms with Crippen molar-refractivity contribution in [1.82, 2.24) is 5.32 Å². The van der Waals surface area contributed by atoms with Gasteiger partial charge in [-0.15, -0.1) is 0 Å². The SMILES string of the molecule is O=C(O)C1OC(Oc2ccc3c4c2OC2C(O)C=C[C@H]5C(C3)NCC[C@]425)C(O)C(O)C1O. The second-order valence-electron chi connectivity index (χ2n) is 9.27. The number of benzene rings is 1. The first-order valence-electron chi connectivity index (χ1n) is 10.8. The van der Waals surface area contributed by atoms with Gasteiger partial charge in [-0.05, 0) is 31.0 Å². The Bertz CT molecular complexity index is 998. The lowest BCUT2D eigenvalue weighted by molar-refractivity contribution is -0.271. The quantitative estimate of drug-likeness (QED) is 0.299. The highest BCUT2D eigenvalue weighted by Gasteiger charge is 2.63. The zero-order chi connectivity index (χ0) is 22.4. The molecule has 32 heavy (non-hydrogen) atoms. The van der Waals surface area contributed by atoms with Crippen molar-refractivity contribution >= 4 is 5.97 Å². The first-order chi connectivity index (χ1) is 15.3. The lowest BCUT2D eigenvalue weighted by Gasteiger charge is -2.53. The molecule has 5 aliphatic rings. The third-order valence-electron chi connectivity index (χ3n) is 7.72. The highest BCUT2D eigenvalue weighted by atomic mass is 16.7. The monoisotopic (exact) mass is 447 g/mol. The van der Waals surface area contributed by atoms with Crippen molar-refractivity contribution < 1.29 is 44.5 Å². The van der Waals surface area contributed by atoms with Crippen molar-refractivity contribution in [3.8, 4) is 11.5 Å². The minimum absolute atomic E-state index is 0.151.